The van der Waals surface area contributed by atoms with E-state index in [1.165, 1.54) is 0 Å². The molecule has 0 amide bonds. The normalized spacial score (nSPS) is 19.4. The predicted octanol–water partition coefficient (Wildman–Crippen LogP) is 3.58. The summed E-state index contributed by atoms with van der Waals surface area (Å²) < 4.78 is 0. The molecule has 1 aromatic heterocycles. The summed E-state index contributed by atoms with van der Waals surface area (Å²) >= 11 is 5.89. The van der Waals surface area contributed by atoms with Gasteiger partial charge in [-0.25, -0.2) is 9.78 Å². The Bertz CT molecular complexity index is 491. The minimum Gasteiger partial charge on any atom is -0.478 e. The molecule has 1 atom stereocenters. The first-order chi connectivity index (χ1) is 8.29. The second-order valence-corrected chi connectivity index (χ2v) is 6.40. The van der Waals surface area contributed by atoms with Crippen molar-refractivity contribution >= 4 is 17.6 Å². The van der Waals surface area contributed by atoms with E-state index in [9.17, 15) is 4.79 Å². The molecule has 3 nitrogen and oxygen atoms in total. The Morgan fingerprint density at radius 2 is 2.17 bits per heavy atom. The second-order valence-electron chi connectivity index (χ2n) is 6.04. The molecule has 0 aliphatic heterocycles. The van der Waals surface area contributed by atoms with Crippen LogP contribution in [-0.2, 0) is 12.8 Å². The molecule has 1 aliphatic carbocycles. The van der Waals surface area contributed by atoms with Crippen LogP contribution in [0.5, 0.6) is 0 Å². The molecule has 0 saturated carbocycles. The van der Waals surface area contributed by atoms with Crippen LogP contribution in [0.4, 0.5) is 0 Å². The quantitative estimate of drug-likeness (QED) is 0.791. The number of nitrogens with zero attached hydrogens (tertiary/aromatic N) is 1. The molecular formula is C14H18ClNO2. The van der Waals surface area contributed by atoms with Gasteiger partial charge in [-0.2, -0.15) is 0 Å². The third-order valence-electron chi connectivity index (χ3n) is 3.80. The highest BCUT2D eigenvalue weighted by molar-refractivity contribution is 6.32. The van der Waals surface area contributed by atoms with Crippen LogP contribution in [-0.4, -0.2) is 16.1 Å². The smallest absolute Gasteiger partial charge is 0.338 e. The first kappa shape index (κ1) is 13.3. The van der Waals surface area contributed by atoms with Crippen molar-refractivity contribution < 1.29 is 9.90 Å². The largest absolute Gasteiger partial charge is 0.478 e. The van der Waals surface area contributed by atoms with E-state index in [-0.39, 0.29) is 16.1 Å². The van der Waals surface area contributed by atoms with Crippen molar-refractivity contribution in [1.29, 1.82) is 0 Å². The van der Waals surface area contributed by atoms with E-state index in [0.29, 0.717) is 5.92 Å². The maximum Gasteiger partial charge on any atom is 0.338 e. The standard InChI is InChI=1S/C14H18ClNO2/c1-14(2,3)9-4-5-11-8(6-9)7-10(13(17)18)12(15)16-11/h7,9H,4-6H2,1-3H3,(H,17,18). The van der Waals surface area contributed by atoms with Crippen LogP contribution in [0.2, 0.25) is 5.15 Å². The summed E-state index contributed by atoms with van der Waals surface area (Å²) in [5.41, 5.74) is 2.36. The number of carboxylic acid groups (broad SMARTS) is 1. The van der Waals surface area contributed by atoms with Gasteiger partial charge in [0.25, 0.3) is 0 Å². The third kappa shape index (κ3) is 2.51. The number of aryl methyl sites for hydroxylation is 1. The zero-order valence-electron chi connectivity index (χ0n) is 11.0. The molecule has 1 N–H and O–H groups in total. The van der Waals surface area contributed by atoms with Gasteiger partial charge in [-0.05, 0) is 42.2 Å². The second kappa shape index (κ2) is 4.54. The van der Waals surface area contributed by atoms with Crippen molar-refractivity contribution in [2.24, 2.45) is 11.3 Å². The van der Waals surface area contributed by atoms with Crippen LogP contribution in [0.25, 0.3) is 0 Å². The number of pyridine rings is 1. The van der Waals surface area contributed by atoms with Crippen LogP contribution in [0.1, 0.15) is 48.8 Å². The van der Waals surface area contributed by atoms with Gasteiger partial charge >= 0.3 is 5.97 Å². The monoisotopic (exact) mass is 267 g/mol. The Kier molecular flexibility index (Phi) is 3.37. The maximum absolute atomic E-state index is 11.1. The number of halogens is 1. The molecule has 1 aromatic rings. The van der Waals surface area contributed by atoms with Crippen LogP contribution in [0.3, 0.4) is 0 Å². The molecule has 4 heteroatoms. The fourth-order valence-corrected chi connectivity index (χ4v) is 2.77. The molecule has 18 heavy (non-hydrogen) atoms. The molecule has 0 bridgehead atoms. The molecule has 0 spiro atoms. The van der Waals surface area contributed by atoms with Crippen molar-refractivity contribution in [3.05, 3.63) is 28.0 Å². The molecule has 1 heterocycles. The molecule has 1 unspecified atom stereocenters. The first-order valence-corrected chi connectivity index (χ1v) is 6.58. The number of aromatic carboxylic acids is 1. The molecule has 2 rings (SSSR count). The Balaban J connectivity index is 2.37. The number of carboxylic acids is 1. The average Bonchev–Trinajstić information content (AvgIpc) is 2.25. The zero-order chi connectivity index (χ0) is 13.5. The zero-order valence-corrected chi connectivity index (χ0v) is 11.7. The van der Waals surface area contributed by atoms with Crippen molar-refractivity contribution in [2.45, 2.75) is 40.0 Å². The highest BCUT2D eigenvalue weighted by Gasteiger charge is 2.30. The van der Waals surface area contributed by atoms with Gasteiger partial charge in [0, 0.05) is 5.69 Å². The minimum atomic E-state index is -1.01. The van der Waals surface area contributed by atoms with Crippen molar-refractivity contribution in [2.75, 3.05) is 0 Å². The van der Waals surface area contributed by atoms with Crippen molar-refractivity contribution in [3.63, 3.8) is 0 Å². The van der Waals surface area contributed by atoms with E-state index < -0.39 is 5.97 Å². The van der Waals surface area contributed by atoms with Crippen LogP contribution in [0.15, 0.2) is 6.07 Å². The molecule has 0 fully saturated rings. The van der Waals surface area contributed by atoms with E-state index in [0.717, 1.165) is 30.5 Å². The molecule has 0 aromatic carbocycles. The van der Waals surface area contributed by atoms with Crippen LogP contribution in [0, 0.1) is 11.3 Å². The maximum atomic E-state index is 11.1. The predicted molar refractivity (Wildman–Crippen MR) is 71.2 cm³/mol. The summed E-state index contributed by atoms with van der Waals surface area (Å²) in [4.78, 5) is 15.3. The lowest BCUT2D eigenvalue weighted by Crippen LogP contribution is -2.27. The van der Waals surface area contributed by atoms with Gasteiger partial charge in [0.15, 0.2) is 0 Å². The number of carbonyl (C=O) groups is 1. The van der Waals surface area contributed by atoms with Gasteiger partial charge in [-0.3, -0.25) is 0 Å². The van der Waals surface area contributed by atoms with Gasteiger partial charge in [0.2, 0.25) is 0 Å². The molecule has 0 saturated heterocycles. The summed E-state index contributed by atoms with van der Waals surface area (Å²) in [6.07, 6.45) is 2.87. The van der Waals surface area contributed by atoms with Crippen molar-refractivity contribution in [1.82, 2.24) is 4.98 Å². The Hall–Kier alpha value is -1.09. The number of rotatable bonds is 1. The van der Waals surface area contributed by atoms with Gasteiger partial charge in [0.05, 0.1) is 5.56 Å². The highest BCUT2D eigenvalue weighted by atomic mass is 35.5. The summed E-state index contributed by atoms with van der Waals surface area (Å²) in [6.45, 7) is 6.68. The number of fused-ring (bicyclic) bond motifs is 1. The van der Waals surface area contributed by atoms with Crippen LogP contribution >= 0.6 is 11.6 Å². The van der Waals surface area contributed by atoms with E-state index in [4.69, 9.17) is 16.7 Å². The Morgan fingerprint density at radius 1 is 1.50 bits per heavy atom. The van der Waals surface area contributed by atoms with Crippen LogP contribution < -0.4 is 0 Å². The number of hydrogen-bond acceptors (Lipinski definition) is 2. The Morgan fingerprint density at radius 3 is 2.72 bits per heavy atom. The van der Waals surface area contributed by atoms with E-state index in [2.05, 4.69) is 25.8 Å². The summed E-state index contributed by atoms with van der Waals surface area (Å²) in [6, 6.07) is 1.70. The summed E-state index contributed by atoms with van der Waals surface area (Å²) in [5, 5.41) is 9.18. The topological polar surface area (TPSA) is 50.2 Å². The van der Waals surface area contributed by atoms with Crippen molar-refractivity contribution in [3.8, 4) is 0 Å². The summed E-state index contributed by atoms with van der Waals surface area (Å²) in [7, 11) is 0. The van der Waals surface area contributed by atoms with Gasteiger partial charge < -0.3 is 5.11 Å². The molecular weight excluding hydrogens is 250 g/mol. The lowest BCUT2D eigenvalue weighted by atomic mass is 9.71. The lowest BCUT2D eigenvalue weighted by Gasteiger charge is -2.34. The molecule has 1 aliphatic rings. The van der Waals surface area contributed by atoms with Gasteiger partial charge in [-0.15, -0.1) is 0 Å². The Labute approximate surface area is 112 Å². The van der Waals surface area contributed by atoms with E-state index in [1.54, 1.807) is 6.07 Å². The third-order valence-corrected chi connectivity index (χ3v) is 4.08. The van der Waals surface area contributed by atoms with Gasteiger partial charge in [-0.1, -0.05) is 32.4 Å². The van der Waals surface area contributed by atoms with Gasteiger partial charge in [0.1, 0.15) is 5.15 Å². The SMILES string of the molecule is CC(C)(C)C1CCc2nc(Cl)c(C(=O)O)cc2C1. The molecule has 0 radical (unpaired) electrons. The first-order valence-electron chi connectivity index (χ1n) is 6.20. The van der Waals surface area contributed by atoms with E-state index >= 15 is 0 Å². The fraction of sp³-hybridized carbons (Fsp3) is 0.571. The van der Waals surface area contributed by atoms with E-state index in [1.807, 2.05) is 0 Å². The minimum absolute atomic E-state index is 0.107. The number of aromatic nitrogens is 1. The number of hydrogen-bond donors (Lipinski definition) is 1. The highest BCUT2D eigenvalue weighted by Crippen LogP contribution is 2.37. The fourth-order valence-electron chi connectivity index (χ4n) is 2.53. The lowest BCUT2D eigenvalue weighted by molar-refractivity contribution is 0.0696. The average molecular weight is 268 g/mol. The summed E-state index contributed by atoms with van der Waals surface area (Å²) in [5.74, 6) is -0.442. The molecule has 98 valence electrons.